The first-order chi connectivity index (χ1) is 17.0. The van der Waals surface area contributed by atoms with E-state index in [1.807, 2.05) is 31.2 Å². The number of aliphatic hydroxyl groups is 1. The summed E-state index contributed by atoms with van der Waals surface area (Å²) in [6, 6.07) is 7.76. The Morgan fingerprint density at radius 3 is 2.57 bits per heavy atom. The van der Waals surface area contributed by atoms with Crippen LogP contribution in [-0.4, -0.2) is 72.7 Å². The lowest BCUT2D eigenvalue weighted by Gasteiger charge is -2.35. The van der Waals surface area contributed by atoms with Gasteiger partial charge in [-0.2, -0.15) is 4.98 Å². The van der Waals surface area contributed by atoms with E-state index in [9.17, 15) is 4.79 Å². The second-order valence-corrected chi connectivity index (χ2v) is 10.5. The second-order valence-electron chi connectivity index (χ2n) is 9.64. The highest BCUT2D eigenvalue weighted by molar-refractivity contribution is 8.00. The molecule has 1 aromatic carbocycles. The van der Waals surface area contributed by atoms with Gasteiger partial charge in [0.05, 0.1) is 31.1 Å². The normalized spacial score (nSPS) is 19.0. The summed E-state index contributed by atoms with van der Waals surface area (Å²) in [7, 11) is 0. The first kappa shape index (κ1) is 24.1. The van der Waals surface area contributed by atoms with Crippen LogP contribution in [0.5, 0.6) is 0 Å². The van der Waals surface area contributed by atoms with Crippen LogP contribution in [0.15, 0.2) is 24.3 Å². The van der Waals surface area contributed by atoms with Crippen LogP contribution in [0.1, 0.15) is 41.7 Å². The third kappa shape index (κ3) is 5.82. The predicted octanol–water partition coefficient (Wildman–Crippen LogP) is 3.31. The minimum atomic E-state index is -0.209. The van der Waals surface area contributed by atoms with Crippen LogP contribution in [0.4, 0.5) is 23.1 Å². The fourth-order valence-corrected chi connectivity index (χ4v) is 5.35. The molecule has 5 rings (SSSR count). The molecule has 1 spiro atoms. The summed E-state index contributed by atoms with van der Waals surface area (Å²) in [6.07, 6.45) is 5.03. The maximum atomic E-state index is 13.5. The van der Waals surface area contributed by atoms with Crippen molar-refractivity contribution in [2.45, 2.75) is 32.6 Å². The van der Waals surface area contributed by atoms with Crippen LogP contribution in [-0.2, 0) is 4.74 Å². The fraction of sp³-hybridized carbons (Fsp3) is 0.560. The zero-order valence-electron chi connectivity index (χ0n) is 20.3. The van der Waals surface area contributed by atoms with E-state index in [1.54, 1.807) is 0 Å². The highest BCUT2D eigenvalue weighted by Gasteiger charge is 2.44. The summed E-state index contributed by atoms with van der Waals surface area (Å²) < 4.78 is 8.73. The molecule has 2 aromatic rings. The fourth-order valence-electron chi connectivity index (χ4n) is 4.86. The van der Waals surface area contributed by atoms with E-state index in [2.05, 4.69) is 29.8 Å². The molecule has 1 amide bonds. The Balaban J connectivity index is 1.36. The average molecular weight is 499 g/mol. The van der Waals surface area contributed by atoms with Gasteiger partial charge < -0.3 is 24.4 Å². The standard InChI is InChI=1S/C25H34N6O3S/c1-18-16-22(31-10-13-34-14-11-31)27-24(26-18)28-23(33)20-3-2-19(29-35-15-12-32)17-21(20)30-8-6-25(4-5-25)7-9-30/h2-3,16-17,29,32H,4-15H2,1H3,(H,26,27,28,33). The molecule has 3 aliphatic rings. The van der Waals surface area contributed by atoms with Crippen molar-refractivity contribution in [2.24, 2.45) is 5.41 Å². The predicted molar refractivity (Wildman–Crippen MR) is 140 cm³/mol. The van der Waals surface area contributed by atoms with Crippen molar-refractivity contribution < 1.29 is 14.6 Å². The first-order valence-electron chi connectivity index (χ1n) is 12.4. The van der Waals surface area contributed by atoms with Gasteiger partial charge in [-0.25, -0.2) is 4.98 Å². The molecular weight excluding hydrogens is 464 g/mol. The van der Waals surface area contributed by atoms with Crippen molar-refractivity contribution in [3.63, 3.8) is 0 Å². The van der Waals surface area contributed by atoms with Gasteiger partial charge in [0.15, 0.2) is 0 Å². The van der Waals surface area contributed by atoms with Crippen molar-refractivity contribution in [1.82, 2.24) is 9.97 Å². The molecule has 1 aliphatic carbocycles. The van der Waals surface area contributed by atoms with Crippen molar-refractivity contribution in [3.05, 3.63) is 35.5 Å². The van der Waals surface area contributed by atoms with Gasteiger partial charge in [-0.05, 0) is 56.2 Å². The lowest BCUT2D eigenvalue weighted by Crippen LogP contribution is -2.37. The summed E-state index contributed by atoms with van der Waals surface area (Å²) in [5.74, 6) is 1.51. The van der Waals surface area contributed by atoms with Crippen LogP contribution < -0.4 is 19.8 Å². The number of piperidine rings is 1. The number of nitrogens with one attached hydrogen (secondary N) is 2. The monoisotopic (exact) mass is 498 g/mol. The molecule has 0 unspecified atom stereocenters. The van der Waals surface area contributed by atoms with Crippen molar-refractivity contribution in [1.29, 1.82) is 0 Å². The smallest absolute Gasteiger partial charge is 0.260 e. The molecule has 188 valence electrons. The molecular formula is C25H34N6O3S. The quantitative estimate of drug-likeness (QED) is 0.374. The van der Waals surface area contributed by atoms with Gasteiger partial charge in [0.2, 0.25) is 5.95 Å². The molecule has 10 heteroatoms. The second kappa shape index (κ2) is 10.6. The Morgan fingerprint density at radius 1 is 1.09 bits per heavy atom. The number of aliphatic hydroxyl groups excluding tert-OH is 1. The number of carbonyl (C=O) groups excluding carboxylic acids is 1. The van der Waals surface area contributed by atoms with E-state index in [0.29, 0.717) is 35.9 Å². The van der Waals surface area contributed by atoms with E-state index in [0.717, 1.165) is 49.1 Å². The zero-order valence-corrected chi connectivity index (χ0v) is 21.1. The number of aryl methyl sites for hydroxylation is 1. The summed E-state index contributed by atoms with van der Waals surface area (Å²) in [5, 5.41) is 12.0. The van der Waals surface area contributed by atoms with E-state index in [4.69, 9.17) is 9.84 Å². The zero-order chi connectivity index (χ0) is 24.3. The number of morpholine rings is 1. The Bertz CT molecular complexity index is 1050. The molecule has 2 saturated heterocycles. The summed E-state index contributed by atoms with van der Waals surface area (Å²) in [6.45, 7) is 6.82. The van der Waals surface area contributed by atoms with Crippen molar-refractivity contribution in [3.8, 4) is 0 Å². The van der Waals surface area contributed by atoms with E-state index >= 15 is 0 Å². The molecule has 2 aliphatic heterocycles. The molecule has 3 heterocycles. The van der Waals surface area contributed by atoms with Crippen LogP contribution in [0, 0.1) is 12.3 Å². The number of hydrogen-bond donors (Lipinski definition) is 3. The number of amides is 1. The molecule has 1 aromatic heterocycles. The summed E-state index contributed by atoms with van der Waals surface area (Å²) in [4.78, 5) is 27.1. The van der Waals surface area contributed by atoms with Gasteiger partial charge in [0, 0.05) is 49.4 Å². The summed E-state index contributed by atoms with van der Waals surface area (Å²) in [5.41, 5.74) is 3.82. The number of benzene rings is 1. The van der Waals surface area contributed by atoms with Gasteiger partial charge in [0.1, 0.15) is 5.82 Å². The molecule has 3 fully saturated rings. The van der Waals surface area contributed by atoms with Crippen molar-refractivity contribution in [2.75, 3.05) is 71.6 Å². The highest BCUT2D eigenvalue weighted by Crippen LogP contribution is 2.54. The number of ether oxygens (including phenoxy) is 1. The van der Waals surface area contributed by atoms with Gasteiger partial charge in [-0.3, -0.25) is 10.1 Å². The first-order valence-corrected chi connectivity index (χ1v) is 13.4. The Hall–Kier alpha value is -2.56. The molecule has 35 heavy (non-hydrogen) atoms. The minimum absolute atomic E-state index is 0.113. The third-order valence-electron chi connectivity index (χ3n) is 7.15. The molecule has 0 bridgehead atoms. The largest absolute Gasteiger partial charge is 0.395 e. The lowest BCUT2D eigenvalue weighted by molar-refractivity contribution is 0.102. The van der Waals surface area contributed by atoms with Gasteiger partial charge in [0.25, 0.3) is 5.91 Å². The molecule has 3 N–H and O–H groups in total. The minimum Gasteiger partial charge on any atom is -0.395 e. The maximum Gasteiger partial charge on any atom is 0.260 e. The molecule has 9 nitrogen and oxygen atoms in total. The molecule has 0 radical (unpaired) electrons. The highest BCUT2D eigenvalue weighted by atomic mass is 32.2. The van der Waals surface area contributed by atoms with Crippen LogP contribution in [0.3, 0.4) is 0 Å². The Labute approximate surface area is 210 Å². The van der Waals surface area contributed by atoms with Gasteiger partial charge in [-0.15, -0.1) is 0 Å². The van der Waals surface area contributed by atoms with Gasteiger partial charge >= 0.3 is 0 Å². The molecule has 1 saturated carbocycles. The SMILES string of the molecule is Cc1cc(N2CCOCC2)nc(NC(=O)c2ccc(NSCCO)cc2N2CCC3(CC2)CC3)n1. The Kier molecular flexibility index (Phi) is 7.31. The average Bonchev–Trinajstić information content (AvgIpc) is 3.63. The topological polar surface area (TPSA) is 103 Å². The third-order valence-corrected chi connectivity index (χ3v) is 7.92. The number of nitrogens with zero attached hydrogens (tertiary/aromatic N) is 4. The van der Waals surface area contributed by atoms with Crippen LogP contribution in [0.2, 0.25) is 0 Å². The maximum absolute atomic E-state index is 13.5. The van der Waals surface area contributed by atoms with Gasteiger partial charge in [-0.1, -0.05) is 11.9 Å². The number of anilines is 4. The Morgan fingerprint density at radius 2 is 1.86 bits per heavy atom. The van der Waals surface area contributed by atoms with Crippen molar-refractivity contribution >= 4 is 41.0 Å². The van der Waals surface area contributed by atoms with Crippen LogP contribution >= 0.6 is 11.9 Å². The van der Waals surface area contributed by atoms with E-state index in [-0.39, 0.29) is 12.5 Å². The number of carbonyl (C=O) groups is 1. The molecule has 0 atom stereocenters. The number of hydrogen-bond acceptors (Lipinski definition) is 9. The van der Waals surface area contributed by atoms with Crippen LogP contribution in [0.25, 0.3) is 0 Å². The number of rotatable bonds is 8. The van der Waals surface area contributed by atoms with E-state index in [1.165, 1.54) is 37.6 Å². The lowest BCUT2D eigenvalue weighted by atomic mass is 9.93. The van der Waals surface area contributed by atoms with E-state index < -0.39 is 0 Å². The number of aromatic nitrogens is 2. The summed E-state index contributed by atoms with van der Waals surface area (Å²) >= 11 is 1.45.